The Kier molecular flexibility index (Phi) is 7.54. The van der Waals surface area contributed by atoms with Gasteiger partial charge in [-0.25, -0.2) is 4.98 Å². The van der Waals surface area contributed by atoms with Gasteiger partial charge < -0.3 is 10.1 Å². The molecule has 1 amide bonds. The maximum atomic E-state index is 12.1. The predicted molar refractivity (Wildman–Crippen MR) is 102 cm³/mol. The van der Waals surface area contributed by atoms with Gasteiger partial charge in [0.25, 0.3) is 0 Å². The number of carbonyl (C=O) groups is 2. The van der Waals surface area contributed by atoms with Crippen molar-refractivity contribution in [3.05, 3.63) is 45.4 Å². The Morgan fingerprint density at radius 2 is 2.12 bits per heavy atom. The highest BCUT2D eigenvalue weighted by Gasteiger charge is 2.12. The molecule has 8 heteroatoms. The summed E-state index contributed by atoms with van der Waals surface area (Å²) in [4.78, 5) is 29.7. The lowest BCUT2D eigenvalue weighted by Gasteiger charge is -2.16. The lowest BCUT2D eigenvalue weighted by atomic mass is 10.2. The van der Waals surface area contributed by atoms with E-state index < -0.39 is 0 Å². The van der Waals surface area contributed by atoms with Crippen LogP contribution in [0.1, 0.15) is 18.2 Å². The van der Waals surface area contributed by atoms with Crippen LogP contribution in [0.5, 0.6) is 0 Å². The molecule has 0 saturated carbocycles. The van der Waals surface area contributed by atoms with Gasteiger partial charge >= 0.3 is 5.97 Å². The summed E-state index contributed by atoms with van der Waals surface area (Å²) in [6.45, 7) is 3.00. The summed E-state index contributed by atoms with van der Waals surface area (Å²) >= 11 is 4.80. The van der Waals surface area contributed by atoms with E-state index in [4.69, 9.17) is 4.74 Å². The number of rotatable bonds is 8. The van der Waals surface area contributed by atoms with Crippen LogP contribution in [0.2, 0.25) is 0 Å². The van der Waals surface area contributed by atoms with Crippen molar-refractivity contribution < 1.29 is 14.3 Å². The van der Waals surface area contributed by atoms with E-state index in [2.05, 4.69) is 26.2 Å². The Labute approximate surface area is 159 Å². The summed E-state index contributed by atoms with van der Waals surface area (Å²) in [5, 5.41) is 4.99. The fourth-order valence-corrected chi connectivity index (χ4v) is 3.32. The number of hydrogen-bond acceptors (Lipinski definition) is 6. The number of benzene rings is 1. The summed E-state index contributed by atoms with van der Waals surface area (Å²) in [7, 11) is 1.88. The minimum Gasteiger partial charge on any atom is -0.466 e. The Morgan fingerprint density at radius 1 is 1.36 bits per heavy atom. The minimum atomic E-state index is -0.321. The minimum absolute atomic E-state index is 0.113. The van der Waals surface area contributed by atoms with Crippen molar-refractivity contribution in [2.24, 2.45) is 0 Å². The molecular formula is C17H20BrN3O3S. The molecule has 0 radical (unpaired) electrons. The van der Waals surface area contributed by atoms with E-state index in [1.54, 1.807) is 12.3 Å². The van der Waals surface area contributed by atoms with E-state index in [0.29, 0.717) is 24.0 Å². The van der Waals surface area contributed by atoms with Crippen molar-refractivity contribution in [1.29, 1.82) is 0 Å². The first-order valence-corrected chi connectivity index (χ1v) is 9.47. The third kappa shape index (κ3) is 6.56. The van der Waals surface area contributed by atoms with Crippen LogP contribution in [-0.4, -0.2) is 42.0 Å². The van der Waals surface area contributed by atoms with Gasteiger partial charge in [-0.1, -0.05) is 34.1 Å². The molecule has 1 aromatic heterocycles. The number of nitrogens with zero attached hydrogens (tertiary/aromatic N) is 2. The fraction of sp³-hybridized carbons (Fsp3) is 0.353. The number of thiazole rings is 1. The first-order chi connectivity index (χ1) is 12.0. The standard InChI is InChI=1S/C17H20BrN3O3S/c1-3-24-16(23)8-13-11-25-17(19-13)20-15(22)10-21(2)9-12-6-4-5-7-14(12)18/h4-7,11H,3,8-10H2,1-2H3,(H,19,20,22). The van der Waals surface area contributed by atoms with Crippen molar-refractivity contribution in [3.63, 3.8) is 0 Å². The van der Waals surface area contributed by atoms with Crippen molar-refractivity contribution in [1.82, 2.24) is 9.88 Å². The molecule has 6 nitrogen and oxygen atoms in total. The molecule has 0 saturated heterocycles. The summed E-state index contributed by atoms with van der Waals surface area (Å²) in [6, 6.07) is 7.91. The summed E-state index contributed by atoms with van der Waals surface area (Å²) in [6.07, 6.45) is 0.113. The van der Waals surface area contributed by atoms with E-state index >= 15 is 0 Å². The molecular weight excluding hydrogens is 406 g/mol. The van der Waals surface area contributed by atoms with Crippen LogP contribution in [-0.2, 0) is 27.3 Å². The van der Waals surface area contributed by atoms with Crippen molar-refractivity contribution in [2.75, 3.05) is 25.5 Å². The smallest absolute Gasteiger partial charge is 0.311 e. The number of ether oxygens (including phenoxy) is 1. The average Bonchev–Trinajstić information content (AvgIpc) is 2.96. The van der Waals surface area contributed by atoms with Gasteiger partial charge in [0, 0.05) is 16.4 Å². The highest BCUT2D eigenvalue weighted by molar-refractivity contribution is 9.10. The molecule has 0 aliphatic rings. The van der Waals surface area contributed by atoms with Crippen LogP contribution in [0.15, 0.2) is 34.1 Å². The van der Waals surface area contributed by atoms with Crippen LogP contribution in [0.4, 0.5) is 5.13 Å². The van der Waals surface area contributed by atoms with Gasteiger partial charge in [0.2, 0.25) is 5.91 Å². The zero-order chi connectivity index (χ0) is 18.2. The quantitative estimate of drug-likeness (QED) is 0.657. The van der Waals surface area contributed by atoms with Crippen molar-refractivity contribution >= 4 is 44.3 Å². The summed E-state index contributed by atoms with van der Waals surface area (Å²) in [5.41, 5.74) is 1.71. The monoisotopic (exact) mass is 425 g/mol. The van der Waals surface area contributed by atoms with Crippen LogP contribution < -0.4 is 5.32 Å². The molecule has 0 atom stereocenters. The van der Waals surface area contributed by atoms with E-state index in [-0.39, 0.29) is 24.8 Å². The molecule has 1 N–H and O–H groups in total. The second-order valence-corrected chi connectivity index (χ2v) is 7.15. The number of halogens is 1. The lowest BCUT2D eigenvalue weighted by molar-refractivity contribution is -0.142. The number of nitrogens with one attached hydrogen (secondary N) is 1. The molecule has 25 heavy (non-hydrogen) atoms. The maximum Gasteiger partial charge on any atom is 0.311 e. The molecule has 2 rings (SSSR count). The predicted octanol–water partition coefficient (Wildman–Crippen LogP) is 3.08. The van der Waals surface area contributed by atoms with Crippen molar-refractivity contribution in [2.45, 2.75) is 19.9 Å². The Balaban J connectivity index is 1.83. The molecule has 134 valence electrons. The van der Waals surface area contributed by atoms with Crippen molar-refractivity contribution in [3.8, 4) is 0 Å². The molecule has 0 unspecified atom stereocenters. The van der Waals surface area contributed by atoms with Gasteiger partial charge in [-0.15, -0.1) is 11.3 Å². The van der Waals surface area contributed by atoms with Crippen LogP contribution in [0.3, 0.4) is 0 Å². The van der Waals surface area contributed by atoms with E-state index in [1.165, 1.54) is 11.3 Å². The normalized spacial score (nSPS) is 10.7. The molecule has 1 heterocycles. The SMILES string of the molecule is CCOC(=O)Cc1csc(NC(=O)CN(C)Cc2ccccc2Br)n1. The molecule has 0 spiro atoms. The van der Waals surface area contributed by atoms with Crippen LogP contribution in [0, 0.1) is 0 Å². The van der Waals surface area contributed by atoms with E-state index in [0.717, 1.165) is 10.0 Å². The Hall–Kier alpha value is -1.77. The second kappa shape index (κ2) is 9.65. The molecule has 0 aliphatic heterocycles. The number of anilines is 1. The van der Waals surface area contributed by atoms with Gasteiger partial charge in [-0.3, -0.25) is 14.5 Å². The second-order valence-electron chi connectivity index (χ2n) is 5.44. The summed E-state index contributed by atoms with van der Waals surface area (Å²) < 4.78 is 5.90. The van der Waals surface area contributed by atoms with Gasteiger partial charge in [0.15, 0.2) is 5.13 Å². The zero-order valence-electron chi connectivity index (χ0n) is 14.1. The number of aromatic nitrogens is 1. The Bertz CT molecular complexity index is 735. The van der Waals surface area contributed by atoms with Crippen LogP contribution in [0.25, 0.3) is 0 Å². The molecule has 0 aliphatic carbocycles. The highest BCUT2D eigenvalue weighted by Crippen LogP contribution is 2.18. The summed E-state index contributed by atoms with van der Waals surface area (Å²) in [5.74, 6) is -0.467. The third-order valence-corrected chi connectivity index (χ3v) is 4.82. The first kappa shape index (κ1) is 19.6. The molecule has 1 aromatic carbocycles. The van der Waals surface area contributed by atoms with Crippen LogP contribution >= 0.6 is 27.3 Å². The zero-order valence-corrected chi connectivity index (χ0v) is 16.5. The molecule has 2 aromatic rings. The van der Waals surface area contributed by atoms with E-state index in [9.17, 15) is 9.59 Å². The number of hydrogen-bond donors (Lipinski definition) is 1. The number of amides is 1. The number of esters is 1. The largest absolute Gasteiger partial charge is 0.466 e. The third-order valence-electron chi connectivity index (χ3n) is 3.24. The highest BCUT2D eigenvalue weighted by atomic mass is 79.9. The lowest BCUT2D eigenvalue weighted by Crippen LogP contribution is -2.29. The fourth-order valence-electron chi connectivity index (χ4n) is 2.18. The van der Waals surface area contributed by atoms with E-state index in [1.807, 2.05) is 36.2 Å². The van der Waals surface area contributed by atoms with Gasteiger partial charge in [0.1, 0.15) is 0 Å². The van der Waals surface area contributed by atoms with Gasteiger partial charge in [0.05, 0.1) is 25.3 Å². The Morgan fingerprint density at radius 3 is 2.84 bits per heavy atom. The number of carbonyl (C=O) groups excluding carboxylic acids is 2. The molecule has 0 fully saturated rings. The topological polar surface area (TPSA) is 71.5 Å². The number of likely N-dealkylation sites (N-methyl/N-ethyl adjacent to an activating group) is 1. The average molecular weight is 426 g/mol. The first-order valence-electron chi connectivity index (χ1n) is 7.79. The van der Waals surface area contributed by atoms with Gasteiger partial charge in [-0.2, -0.15) is 0 Å². The van der Waals surface area contributed by atoms with Gasteiger partial charge in [-0.05, 0) is 25.6 Å². The molecule has 0 bridgehead atoms. The maximum absolute atomic E-state index is 12.1.